The summed E-state index contributed by atoms with van der Waals surface area (Å²) < 4.78 is 0. The molecule has 122 valence electrons. The highest BCUT2D eigenvalue weighted by molar-refractivity contribution is 6.33. The lowest BCUT2D eigenvalue weighted by molar-refractivity contribution is -0.141. The zero-order valence-electron chi connectivity index (χ0n) is 12.4. The van der Waals surface area contributed by atoms with Crippen LogP contribution in [0.5, 0.6) is 0 Å². The first-order chi connectivity index (χ1) is 11.0. The van der Waals surface area contributed by atoms with E-state index in [2.05, 4.69) is 0 Å². The van der Waals surface area contributed by atoms with Crippen LogP contribution in [0, 0.1) is 11.8 Å². The van der Waals surface area contributed by atoms with E-state index < -0.39 is 17.8 Å². The minimum absolute atomic E-state index is 0.134. The lowest BCUT2D eigenvalue weighted by atomic mass is 10.1. The quantitative estimate of drug-likeness (QED) is 0.910. The second kappa shape index (κ2) is 6.20. The van der Waals surface area contributed by atoms with Gasteiger partial charge in [0.1, 0.15) is 0 Å². The summed E-state index contributed by atoms with van der Waals surface area (Å²) in [6, 6.07) is 7.04. The molecule has 23 heavy (non-hydrogen) atoms. The van der Waals surface area contributed by atoms with Crippen LogP contribution in [0.2, 0.25) is 5.02 Å². The third-order valence-corrected chi connectivity index (χ3v) is 4.79. The number of benzene rings is 1. The van der Waals surface area contributed by atoms with Gasteiger partial charge in [-0.05, 0) is 18.6 Å². The molecular formula is C16H17ClN2O4. The van der Waals surface area contributed by atoms with E-state index in [0.717, 1.165) is 0 Å². The number of aliphatic carboxylic acids is 1. The second-order valence-corrected chi connectivity index (χ2v) is 6.37. The number of halogens is 1. The van der Waals surface area contributed by atoms with Crippen molar-refractivity contribution in [1.29, 1.82) is 0 Å². The van der Waals surface area contributed by atoms with E-state index in [1.165, 1.54) is 4.90 Å². The fourth-order valence-corrected chi connectivity index (χ4v) is 3.43. The van der Waals surface area contributed by atoms with Gasteiger partial charge in [0.25, 0.3) is 0 Å². The summed E-state index contributed by atoms with van der Waals surface area (Å²) in [5.74, 6) is -2.09. The van der Waals surface area contributed by atoms with Crippen LogP contribution in [0.4, 0.5) is 5.69 Å². The molecule has 7 heteroatoms. The van der Waals surface area contributed by atoms with Crippen LogP contribution < -0.4 is 4.90 Å². The van der Waals surface area contributed by atoms with Crippen LogP contribution in [-0.4, -0.2) is 47.4 Å². The standard InChI is InChI=1S/C16H17ClN2O4/c17-12-3-1-2-4-13(12)19-9-11(7-14(19)20)15(21)18-6-5-10(8-18)16(22)23/h1-4,10-11H,5-9H2,(H,22,23)/t10-,11+/m1/s1. The highest BCUT2D eigenvalue weighted by Gasteiger charge is 2.40. The molecule has 0 aromatic heterocycles. The Morgan fingerprint density at radius 2 is 1.91 bits per heavy atom. The summed E-state index contributed by atoms with van der Waals surface area (Å²) in [5.41, 5.74) is 0.610. The molecule has 3 rings (SSSR count). The van der Waals surface area contributed by atoms with Crippen molar-refractivity contribution in [1.82, 2.24) is 4.90 Å². The summed E-state index contributed by atoms with van der Waals surface area (Å²) in [6.07, 6.45) is 0.605. The summed E-state index contributed by atoms with van der Waals surface area (Å²) >= 11 is 6.12. The van der Waals surface area contributed by atoms with E-state index in [0.29, 0.717) is 23.7 Å². The number of para-hydroxylation sites is 1. The highest BCUT2D eigenvalue weighted by atomic mass is 35.5. The van der Waals surface area contributed by atoms with Gasteiger partial charge in [0.05, 0.1) is 22.5 Å². The first-order valence-electron chi connectivity index (χ1n) is 7.54. The first-order valence-corrected chi connectivity index (χ1v) is 7.91. The molecule has 0 saturated carbocycles. The van der Waals surface area contributed by atoms with Crippen LogP contribution in [0.25, 0.3) is 0 Å². The zero-order valence-corrected chi connectivity index (χ0v) is 13.2. The third-order valence-electron chi connectivity index (χ3n) is 4.47. The van der Waals surface area contributed by atoms with Gasteiger partial charge in [0, 0.05) is 26.1 Å². The highest BCUT2D eigenvalue weighted by Crippen LogP contribution is 2.32. The van der Waals surface area contributed by atoms with Gasteiger partial charge in [0.2, 0.25) is 11.8 Å². The Bertz CT molecular complexity index is 663. The fourth-order valence-electron chi connectivity index (χ4n) is 3.20. The van der Waals surface area contributed by atoms with Gasteiger partial charge in [-0.2, -0.15) is 0 Å². The van der Waals surface area contributed by atoms with Crippen LogP contribution in [-0.2, 0) is 14.4 Å². The summed E-state index contributed by atoms with van der Waals surface area (Å²) in [7, 11) is 0. The number of nitrogens with zero attached hydrogens (tertiary/aromatic N) is 2. The van der Waals surface area contributed by atoms with E-state index in [1.807, 2.05) is 0 Å². The number of carbonyl (C=O) groups is 3. The van der Waals surface area contributed by atoms with E-state index in [1.54, 1.807) is 29.2 Å². The van der Waals surface area contributed by atoms with Crippen molar-refractivity contribution in [2.45, 2.75) is 12.8 Å². The van der Waals surface area contributed by atoms with Crippen LogP contribution in [0.15, 0.2) is 24.3 Å². The predicted octanol–water partition coefficient (Wildman–Crippen LogP) is 1.63. The number of amides is 2. The normalized spacial score (nSPS) is 24.3. The average molecular weight is 337 g/mol. The van der Waals surface area contributed by atoms with Crippen LogP contribution in [0.1, 0.15) is 12.8 Å². The summed E-state index contributed by atoms with van der Waals surface area (Å²) in [4.78, 5) is 38.9. The molecule has 6 nitrogen and oxygen atoms in total. The number of carboxylic acids is 1. The number of anilines is 1. The maximum Gasteiger partial charge on any atom is 0.308 e. The molecule has 2 fully saturated rings. The molecule has 2 amide bonds. The molecule has 2 atom stereocenters. The average Bonchev–Trinajstić information content (AvgIpc) is 3.14. The van der Waals surface area contributed by atoms with E-state index in [4.69, 9.17) is 16.7 Å². The van der Waals surface area contributed by atoms with Gasteiger partial charge in [0.15, 0.2) is 0 Å². The Balaban J connectivity index is 1.69. The molecular weight excluding hydrogens is 320 g/mol. The molecule has 2 aliphatic heterocycles. The predicted molar refractivity (Wildman–Crippen MR) is 84.2 cm³/mol. The number of hydrogen-bond donors (Lipinski definition) is 1. The SMILES string of the molecule is O=C(O)[C@@H]1CCN(C(=O)[C@H]2CC(=O)N(c3ccccc3Cl)C2)C1. The Morgan fingerprint density at radius 3 is 2.57 bits per heavy atom. The number of likely N-dealkylation sites (tertiary alicyclic amines) is 1. The Morgan fingerprint density at radius 1 is 1.17 bits per heavy atom. The third kappa shape index (κ3) is 3.03. The van der Waals surface area contributed by atoms with Crippen molar-refractivity contribution < 1.29 is 19.5 Å². The first kappa shape index (κ1) is 15.8. The topological polar surface area (TPSA) is 77.9 Å². The zero-order chi connectivity index (χ0) is 16.6. The van der Waals surface area contributed by atoms with Gasteiger partial charge < -0.3 is 14.9 Å². The molecule has 0 spiro atoms. The minimum atomic E-state index is -0.875. The van der Waals surface area contributed by atoms with Crippen molar-refractivity contribution in [3.05, 3.63) is 29.3 Å². The van der Waals surface area contributed by atoms with Crippen molar-refractivity contribution in [3.63, 3.8) is 0 Å². The number of carbonyl (C=O) groups excluding carboxylic acids is 2. The maximum atomic E-state index is 12.5. The van der Waals surface area contributed by atoms with Gasteiger partial charge in [-0.3, -0.25) is 14.4 Å². The van der Waals surface area contributed by atoms with Crippen molar-refractivity contribution >= 4 is 35.1 Å². The monoisotopic (exact) mass is 336 g/mol. The molecule has 0 aliphatic carbocycles. The molecule has 2 saturated heterocycles. The lowest BCUT2D eigenvalue weighted by Crippen LogP contribution is -2.36. The minimum Gasteiger partial charge on any atom is -0.481 e. The van der Waals surface area contributed by atoms with Gasteiger partial charge in [-0.15, -0.1) is 0 Å². The van der Waals surface area contributed by atoms with Crippen molar-refractivity contribution in [3.8, 4) is 0 Å². The smallest absolute Gasteiger partial charge is 0.308 e. The van der Waals surface area contributed by atoms with Gasteiger partial charge in [-0.1, -0.05) is 23.7 Å². The summed E-state index contributed by atoms with van der Waals surface area (Å²) in [6.45, 7) is 0.952. The van der Waals surface area contributed by atoms with Gasteiger partial charge in [-0.25, -0.2) is 0 Å². The second-order valence-electron chi connectivity index (χ2n) is 5.96. The maximum absolute atomic E-state index is 12.5. The Hall–Kier alpha value is -2.08. The van der Waals surface area contributed by atoms with E-state index >= 15 is 0 Å². The van der Waals surface area contributed by atoms with Crippen molar-refractivity contribution in [2.75, 3.05) is 24.5 Å². The number of rotatable bonds is 3. The number of carboxylic acid groups (broad SMARTS) is 1. The molecule has 1 N–H and O–H groups in total. The Kier molecular flexibility index (Phi) is 4.26. The molecule has 1 aromatic rings. The number of hydrogen-bond acceptors (Lipinski definition) is 3. The molecule has 0 unspecified atom stereocenters. The van der Waals surface area contributed by atoms with Gasteiger partial charge >= 0.3 is 5.97 Å². The molecule has 0 radical (unpaired) electrons. The van der Waals surface area contributed by atoms with Crippen LogP contribution >= 0.6 is 11.6 Å². The molecule has 2 heterocycles. The van der Waals surface area contributed by atoms with Crippen molar-refractivity contribution in [2.24, 2.45) is 11.8 Å². The molecule has 0 bridgehead atoms. The fraction of sp³-hybridized carbons (Fsp3) is 0.438. The lowest BCUT2D eigenvalue weighted by Gasteiger charge is -2.21. The molecule has 1 aromatic carbocycles. The molecule has 2 aliphatic rings. The largest absolute Gasteiger partial charge is 0.481 e. The Labute approximate surface area is 138 Å². The van der Waals surface area contributed by atoms with E-state index in [9.17, 15) is 14.4 Å². The van der Waals surface area contributed by atoms with E-state index in [-0.39, 0.29) is 31.3 Å². The van der Waals surface area contributed by atoms with Crippen LogP contribution in [0.3, 0.4) is 0 Å². The summed E-state index contributed by atoms with van der Waals surface area (Å²) in [5, 5.41) is 9.50.